The zero-order valence-corrected chi connectivity index (χ0v) is 40.3. The number of hydrogen-bond acceptors (Lipinski definition) is 5. The van der Waals surface area contributed by atoms with Crippen LogP contribution in [0.4, 0.5) is 0 Å². The Morgan fingerprint density at radius 2 is 1.15 bits per heavy atom. The van der Waals surface area contributed by atoms with Crippen molar-refractivity contribution in [1.82, 2.24) is 14.5 Å². The van der Waals surface area contributed by atoms with E-state index in [0.29, 0.717) is 5.84 Å². The third-order valence-corrected chi connectivity index (χ3v) is 16.5. The van der Waals surface area contributed by atoms with Gasteiger partial charge in [-0.05, 0) is 102 Å². The number of aliphatic imine (C=N–C) groups is 2. The maximum absolute atomic E-state index is 6.80. The lowest BCUT2D eigenvalue weighted by atomic mass is 9.97. The van der Waals surface area contributed by atoms with Gasteiger partial charge in [0.1, 0.15) is 17.0 Å². The van der Waals surface area contributed by atoms with Crippen molar-refractivity contribution in [2.75, 3.05) is 0 Å². The summed E-state index contributed by atoms with van der Waals surface area (Å²) in [6.45, 7) is 2.20. The molecule has 15 aromatic rings. The minimum absolute atomic E-state index is 0.619. The highest BCUT2D eigenvalue weighted by Crippen LogP contribution is 2.45. The Morgan fingerprint density at radius 3 is 2.03 bits per heavy atom. The van der Waals surface area contributed by atoms with Crippen LogP contribution in [0.3, 0.4) is 0 Å². The quantitative estimate of drug-likeness (QED) is 0.187. The van der Waals surface area contributed by atoms with E-state index in [1.807, 2.05) is 17.4 Å². The van der Waals surface area contributed by atoms with Gasteiger partial charge in [-0.2, -0.15) is 0 Å². The van der Waals surface area contributed by atoms with Crippen molar-refractivity contribution in [1.29, 1.82) is 0 Å². The van der Waals surface area contributed by atoms with Crippen LogP contribution in [0.5, 0.6) is 0 Å². The van der Waals surface area contributed by atoms with Crippen molar-refractivity contribution in [2.45, 2.75) is 12.6 Å². The largest absolute Gasteiger partial charge is 0.456 e. The molecule has 5 heterocycles. The lowest BCUT2D eigenvalue weighted by molar-refractivity contribution is 0.455. The van der Waals surface area contributed by atoms with Gasteiger partial charge in [0, 0.05) is 74.9 Å². The molecule has 0 radical (unpaired) electrons. The number of aromatic nitrogens is 2. The van der Waals surface area contributed by atoms with Gasteiger partial charge < -0.3 is 18.9 Å². The van der Waals surface area contributed by atoms with E-state index in [1.165, 1.54) is 57.9 Å². The normalized spacial score (nSPS) is 15.2. The number of rotatable bonds is 5. The van der Waals surface area contributed by atoms with Crippen LogP contribution in [-0.2, 0) is 5.66 Å². The van der Waals surface area contributed by atoms with Crippen LogP contribution in [0.15, 0.2) is 239 Å². The zero-order valence-electron chi connectivity index (χ0n) is 39.5. The highest BCUT2D eigenvalue weighted by molar-refractivity contribution is 7.25. The van der Waals surface area contributed by atoms with Crippen molar-refractivity contribution >= 4 is 130 Å². The van der Waals surface area contributed by atoms with E-state index in [2.05, 4.69) is 240 Å². The second-order valence-electron chi connectivity index (χ2n) is 19.5. The number of furan rings is 1. The predicted molar refractivity (Wildman–Crippen MR) is 307 cm³/mol. The van der Waals surface area contributed by atoms with Crippen LogP contribution in [0.2, 0.25) is 0 Å². The molecule has 7 heteroatoms. The highest BCUT2D eigenvalue weighted by Gasteiger charge is 2.35. The van der Waals surface area contributed by atoms with Gasteiger partial charge in [-0.1, -0.05) is 146 Å². The van der Waals surface area contributed by atoms with E-state index in [4.69, 9.17) is 14.4 Å². The van der Waals surface area contributed by atoms with Crippen LogP contribution in [0, 0.1) is 0 Å². The molecule has 4 aromatic heterocycles. The second-order valence-corrected chi connectivity index (χ2v) is 20.6. The summed E-state index contributed by atoms with van der Waals surface area (Å²) in [7, 11) is 0. The van der Waals surface area contributed by atoms with Gasteiger partial charge in [0.25, 0.3) is 0 Å². The van der Waals surface area contributed by atoms with Crippen molar-refractivity contribution in [3.05, 3.63) is 241 Å². The van der Waals surface area contributed by atoms with Crippen LogP contribution >= 0.6 is 11.3 Å². The molecular weight excluding hydrogens is 911 g/mol. The summed E-state index contributed by atoms with van der Waals surface area (Å²) in [6.07, 6.45) is 0. The molecule has 1 atom stereocenters. The minimum Gasteiger partial charge on any atom is -0.456 e. The van der Waals surface area contributed by atoms with Gasteiger partial charge >= 0.3 is 0 Å². The third-order valence-electron chi connectivity index (χ3n) is 15.3. The van der Waals surface area contributed by atoms with Gasteiger partial charge in [0.2, 0.25) is 0 Å². The fraction of sp³-hybridized carbons (Fsp3) is 0.0303. The highest BCUT2D eigenvalue weighted by atomic mass is 32.1. The van der Waals surface area contributed by atoms with Crippen LogP contribution in [0.25, 0.3) is 119 Å². The molecule has 73 heavy (non-hydrogen) atoms. The molecule has 1 N–H and O–H groups in total. The summed E-state index contributed by atoms with van der Waals surface area (Å²) in [5.41, 5.74) is 10.1. The van der Waals surface area contributed by atoms with Gasteiger partial charge in [-0.15, -0.1) is 11.3 Å². The molecule has 0 aliphatic carbocycles. The van der Waals surface area contributed by atoms with E-state index in [9.17, 15) is 0 Å². The van der Waals surface area contributed by atoms with E-state index in [1.54, 1.807) is 0 Å². The Morgan fingerprint density at radius 1 is 0.466 bits per heavy atom. The van der Waals surface area contributed by atoms with Crippen molar-refractivity contribution < 1.29 is 4.42 Å². The van der Waals surface area contributed by atoms with E-state index >= 15 is 0 Å². The molecule has 0 fully saturated rings. The Kier molecular flexibility index (Phi) is 8.37. The molecule has 16 rings (SSSR count). The van der Waals surface area contributed by atoms with Crippen LogP contribution < -0.4 is 5.32 Å². The Labute approximate surface area is 422 Å². The smallest absolute Gasteiger partial charge is 0.161 e. The molecule has 342 valence electrons. The molecule has 0 saturated heterocycles. The molecule has 0 spiro atoms. The second kappa shape index (κ2) is 15.1. The molecule has 0 amide bonds. The summed E-state index contributed by atoms with van der Waals surface area (Å²) in [4.78, 5) is 11.6. The lowest BCUT2D eigenvalue weighted by Gasteiger charge is -2.33. The number of nitrogens with zero attached hydrogens (tertiary/aromatic N) is 4. The first kappa shape index (κ1) is 40.4. The van der Waals surface area contributed by atoms with Crippen molar-refractivity contribution in [3.63, 3.8) is 0 Å². The number of thiophene rings is 1. The Balaban J connectivity index is 1.03. The molecule has 0 bridgehead atoms. The summed E-state index contributed by atoms with van der Waals surface area (Å²) in [6, 6.07) is 81.0. The fourth-order valence-electron chi connectivity index (χ4n) is 11.9. The third kappa shape index (κ3) is 5.91. The average molecular weight is 952 g/mol. The monoisotopic (exact) mass is 951 g/mol. The van der Waals surface area contributed by atoms with E-state index < -0.39 is 5.66 Å². The zero-order chi connectivity index (χ0) is 47.9. The molecule has 11 aromatic carbocycles. The first-order valence-electron chi connectivity index (χ1n) is 24.8. The standard InChI is InChI=1S/C66H41N5OS/c1-66(43-29-31-47-46-21-9-12-24-54(46)70(56(47)38-43)44-18-3-2-4-19-44)68-64(42-28-34-60-53(36-42)48-22-11-14-26-59(48)73-60)67-65(69-66)51-32-33-58-61(50-23-10-13-25-57(50)72-58)63(51)71-55-37-41-17-6-5-16-40(41)35-52(55)49-30-27-39-15-7-8-20-45(39)62(49)71/h2-38H,1H3,(H,67,68,69). The summed E-state index contributed by atoms with van der Waals surface area (Å²) in [5.74, 6) is 1.36. The van der Waals surface area contributed by atoms with E-state index in [-0.39, 0.29) is 0 Å². The first-order valence-corrected chi connectivity index (χ1v) is 25.6. The topological polar surface area (TPSA) is 59.8 Å². The molecule has 1 aliphatic rings. The lowest BCUT2D eigenvalue weighted by Crippen LogP contribution is -2.46. The van der Waals surface area contributed by atoms with Gasteiger partial charge in [-0.3, -0.25) is 0 Å². The van der Waals surface area contributed by atoms with Gasteiger partial charge in [0.05, 0.1) is 33.1 Å². The number of fused-ring (bicyclic) bond motifs is 15. The molecular formula is C66H41N5OS. The number of para-hydroxylation sites is 3. The number of amidine groups is 2. The van der Waals surface area contributed by atoms with Crippen LogP contribution in [-0.4, -0.2) is 20.8 Å². The van der Waals surface area contributed by atoms with Crippen LogP contribution in [0.1, 0.15) is 23.6 Å². The number of hydrogen-bond donors (Lipinski definition) is 1. The van der Waals surface area contributed by atoms with Crippen molar-refractivity contribution in [3.8, 4) is 11.4 Å². The Hall–Kier alpha value is -9.30. The SMILES string of the molecule is CC1(c2ccc3c4ccccc4n(-c4ccccc4)c3c2)N=C(c2ccc3oc4ccccc4c3c2-n2c3cc4ccccc4cc3c3ccc4ccccc4c32)N=C(c2ccc3sc4ccccc4c3c2)N1. The summed E-state index contributed by atoms with van der Waals surface area (Å²) < 4.78 is 14.2. The average Bonchev–Trinajstić information content (AvgIpc) is 4.19. The Bertz CT molecular complexity index is 4910. The molecule has 6 nitrogen and oxygen atoms in total. The molecule has 1 aliphatic heterocycles. The maximum Gasteiger partial charge on any atom is 0.161 e. The minimum atomic E-state index is -0.987. The number of nitrogens with one attached hydrogen (secondary N) is 1. The predicted octanol–water partition coefficient (Wildman–Crippen LogP) is 17.1. The number of benzene rings is 11. The van der Waals surface area contributed by atoms with E-state index in [0.717, 1.165) is 83.3 Å². The van der Waals surface area contributed by atoms with Gasteiger partial charge in [-0.25, -0.2) is 9.98 Å². The fourth-order valence-corrected chi connectivity index (χ4v) is 13.0. The molecule has 0 saturated carbocycles. The van der Waals surface area contributed by atoms with Gasteiger partial charge in [0.15, 0.2) is 11.5 Å². The summed E-state index contributed by atoms with van der Waals surface area (Å²) in [5, 5.41) is 17.9. The summed E-state index contributed by atoms with van der Waals surface area (Å²) >= 11 is 1.82. The van der Waals surface area contributed by atoms with Crippen molar-refractivity contribution in [2.24, 2.45) is 9.98 Å². The maximum atomic E-state index is 6.80. The molecule has 1 unspecified atom stereocenters. The first-order chi connectivity index (χ1) is 36.0.